The van der Waals surface area contributed by atoms with Crippen molar-refractivity contribution in [1.82, 2.24) is 5.32 Å². The van der Waals surface area contributed by atoms with Gasteiger partial charge in [-0.15, -0.1) is 0 Å². The van der Waals surface area contributed by atoms with Gasteiger partial charge in [0.05, 0.1) is 19.1 Å². The number of hydrogen-bond acceptors (Lipinski definition) is 4. The number of benzene rings is 1. The van der Waals surface area contributed by atoms with Crippen molar-refractivity contribution in [2.45, 2.75) is 12.8 Å². The van der Waals surface area contributed by atoms with Gasteiger partial charge in [0.25, 0.3) is 0 Å². The first-order valence-electron chi connectivity index (χ1n) is 6.85. The third-order valence-electron chi connectivity index (χ3n) is 3.79. The van der Waals surface area contributed by atoms with Gasteiger partial charge in [0.15, 0.2) is 0 Å². The van der Waals surface area contributed by atoms with Gasteiger partial charge >= 0.3 is 0 Å². The largest absolute Gasteiger partial charge is 0.497 e. The number of rotatable bonds is 5. The maximum atomic E-state index is 12.6. The van der Waals surface area contributed by atoms with Crippen LogP contribution in [0.2, 0.25) is 0 Å². The molecule has 0 unspecified atom stereocenters. The lowest BCUT2D eigenvalue weighted by Gasteiger charge is -2.35. The van der Waals surface area contributed by atoms with E-state index in [2.05, 4.69) is 10.6 Å². The zero-order valence-corrected chi connectivity index (χ0v) is 12.1. The van der Waals surface area contributed by atoms with E-state index >= 15 is 0 Å². The van der Waals surface area contributed by atoms with Crippen LogP contribution in [-0.4, -0.2) is 39.8 Å². The molecule has 1 fully saturated rings. The highest BCUT2D eigenvalue weighted by Crippen LogP contribution is 2.31. The Kier molecular flexibility index (Phi) is 4.98. The number of piperidine rings is 1. The Morgan fingerprint density at radius 2 is 2.10 bits per heavy atom. The van der Waals surface area contributed by atoms with Crippen molar-refractivity contribution in [3.63, 3.8) is 0 Å². The van der Waals surface area contributed by atoms with Gasteiger partial charge in [-0.25, -0.2) is 0 Å². The maximum absolute atomic E-state index is 12.6. The van der Waals surface area contributed by atoms with Crippen LogP contribution in [0.5, 0.6) is 5.75 Å². The van der Waals surface area contributed by atoms with Crippen LogP contribution in [0.3, 0.4) is 0 Å². The predicted octanol–water partition coefficient (Wildman–Crippen LogP) is 1.65. The topological polar surface area (TPSA) is 59.6 Å². The van der Waals surface area contributed by atoms with Gasteiger partial charge in [0, 0.05) is 18.9 Å². The number of nitrogens with one attached hydrogen (secondary N) is 2. The van der Waals surface area contributed by atoms with E-state index < -0.39 is 5.41 Å². The standard InChI is InChI=1S/C15H22N2O3/c1-19-11-15(6-8-16-9-7-15)14(18)17-12-4-3-5-13(10-12)20-2/h3-5,10,16H,6-9,11H2,1-2H3,(H,17,18). The van der Waals surface area contributed by atoms with Crippen LogP contribution in [0, 0.1) is 5.41 Å². The summed E-state index contributed by atoms with van der Waals surface area (Å²) in [4.78, 5) is 12.6. The molecule has 0 aliphatic carbocycles. The average Bonchev–Trinajstić information content (AvgIpc) is 2.48. The minimum absolute atomic E-state index is 0.0223. The molecule has 0 spiro atoms. The summed E-state index contributed by atoms with van der Waals surface area (Å²) in [6, 6.07) is 7.40. The van der Waals surface area contributed by atoms with Crippen LogP contribution in [0.15, 0.2) is 24.3 Å². The third-order valence-corrected chi connectivity index (χ3v) is 3.79. The fourth-order valence-corrected chi connectivity index (χ4v) is 2.58. The Morgan fingerprint density at radius 3 is 2.75 bits per heavy atom. The van der Waals surface area contributed by atoms with Crippen molar-refractivity contribution in [3.8, 4) is 5.75 Å². The van der Waals surface area contributed by atoms with E-state index in [0.29, 0.717) is 6.61 Å². The number of anilines is 1. The van der Waals surface area contributed by atoms with Crippen molar-refractivity contribution < 1.29 is 14.3 Å². The van der Waals surface area contributed by atoms with Crippen LogP contribution in [0.25, 0.3) is 0 Å². The zero-order valence-electron chi connectivity index (χ0n) is 12.1. The van der Waals surface area contributed by atoms with Gasteiger partial charge in [-0.1, -0.05) is 6.07 Å². The van der Waals surface area contributed by atoms with E-state index in [4.69, 9.17) is 9.47 Å². The molecule has 5 nitrogen and oxygen atoms in total. The molecule has 2 rings (SSSR count). The molecule has 1 amide bonds. The Hall–Kier alpha value is -1.59. The summed E-state index contributed by atoms with van der Waals surface area (Å²) in [6.45, 7) is 2.13. The average molecular weight is 278 g/mol. The number of carbonyl (C=O) groups is 1. The summed E-state index contributed by atoms with van der Waals surface area (Å²) in [5.74, 6) is 0.753. The molecule has 1 heterocycles. The van der Waals surface area contributed by atoms with Crippen molar-refractivity contribution in [2.24, 2.45) is 5.41 Å². The van der Waals surface area contributed by atoms with Crippen molar-refractivity contribution in [2.75, 3.05) is 39.2 Å². The Bertz CT molecular complexity index is 451. The molecule has 0 bridgehead atoms. The second kappa shape index (κ2) is 6.72. The van der Waals surface area contributed by atoms with E-state index in [1.807, 2.05) is 24.3 Å². The molecule has 1 aromatic rings. The summed E-state index contributed by atoms with van der Waals surface area (Å²) < 4.78 is 10.4. The molecule has 1 aliphatic heterocycles. The van der Waals surface area contributed by atoms with E-state index in [-0.39, 0.29) is 5.91 Å². The highest BCUT2D eigenvalue weighted by atomic mass is 16.5. The monoisotopic (exact) mass is 278 g/mol. The molecule has 5 heteroatoms. The fourth-order valence-electron chi connectivity index (χ4n) is 2.58. The molecule has 20 heavy (non-hydrogen) atoms. The number of hydrogen-bond donors (Lipinski definition) is 2. The lowest BCUT2D eigenvalue weighted by molar-refractivity contribution is -0.130. The van der Waals surface area contributed by atoms with Gasteiger partial charge in [-0.3, -0.25) is 4.79 Å². The lowest BCUT2D eigenvalue weighted by atomic mass is 9.78. The normalized spacial score (nSPS) is 17.5. The smallest absolute Gasteiger partial charge is 0.233 e. The molecule has 1 aliphatic rings. The second-order valence-corrected chi connectivity index (χ2v) is 5.15. The Morgan fingerprint density at radius 1 is 1.35 bits per heavy atom. The zero-order chi connectivity index (χ0) is 14.4. The highest BCUT2D eigenvalue weighted by Gasteiger charge is 2.39. The molecule has 1 saturated heterocycles. The van der Waals surface area contributed by atoms with Crippen LogP contribution < -0.4 is 15.4 Å². The van der Waals surface area contributed by atoms with E-state index in [9.17, 15) is 4.79 Å². The first-order chi connectivity index (χ1) is 9.70. The van der Waals surface area contributed by atoms with Crippen molar-refractivity contribution >= 4 is 11.6 Å². The molecule has 110 valence electrons. The summed E-state index contributed by atoms with van der Waals surface area (Å²) >= 11 is 0. The van der Waals surface area contributed by atoms with Crippen molar-refractivity contribution in [1.29, 1.82) is 0 Å². The third kappa shape index (κ3) is 3.29. The number of methoxy groups -OCH3 is 2. The summed E-state index contributed by atoms with van der Waals surface area (Å²) in [7, 11) is 3.25. The minimum atomic E-state index is -0.441. The molecular formula is C15H22N2O3. The maximum Gasteiger partial charge on any atom is 0.233 e. The minimum Gasteiger partial charge on any atom is -0.497 e. The van der Waals surface area contributed by atoms with E-state index in [0.717, 1.165) is 37.4 Å². The van der Waals surface area contributed by atoms with Gasteiger partial charge in [0.2, 0.25) is 5.91 Å². The highest BCUT2D eigenvalue weighted by molar-refractivity contribution is 5.95. The quantitative estimate of drug-likeness (QED) is 0.860. The van der Waals surface area contributed by atoms with Gasteiger partial charge in [-0.2, -0.15) is 0 Å². The molecule has 0 atom stereocenters. The lowest BCUT2D eigenvalue weighted by Crippen LogP contribution is -2.47. The second-order valence-electron chi connectivity index (χ2n) is 5.15. The molecular weight excluding hydrogens is 256 g/mol. The van der Waals surface area contributed by atoms with Crippen LogP contribution in [0.1, 0.15) is 12.8 Å². The van der Waals surface area contributed by atoms with Crippen molar-refractivity contribution in [3.05, 3.63) is 24.3 Å². The Labute approximate surface area is 119 Å². The molecule has 0 aromatic heterocycles. The fraction of sp³-hybridized carbons (Fsp3) is 0.533. The van der Waals surface area contributed by atoms with E-state index in [1.54, 1.807) is 14.2 Å². The first kappa shape index (κ1) is 14.8. The number of ether oxygens (including phenoxy) is 2. The summed E-state index contributed by atoms with van der Waals surface area (Å²) in [5, 5.41) is 6.26. The molecule has 0 saturated carbocycles. The molecule has 0 radical (unpaired) electrons. The summed E-state index contributed by atoms with van der Waals surface area (Å²) in [5.41, 5.74) is 0.312. The van der Waals surface area contributed by atoms with Gasteiger partial charge < -0.3 is 20.1 Å². The number of amides is 1. The van der Waals surface area contributed by atoms with Crippen LogP contribution in [-0.2, 0) is 9.53 Å². The Balaban J connectivity index is 2.11. The van der Waals surface area contributed by atoms with Gasteiger partial charge in [0.1, 0.15) is 5.75 Å². The summed E-state index contributed by atoms with van der Waals surface area (Å²) in [6.07, 6.45) is 1.58. The molecule has 1 aromatic carbocycles. The van der Waals surface area contributed by atoms with Crippen LogP contribution in [0.4, 0.5) is 5.69 Å². The van der Waals surface area contributed by atoms with E-state index in [1.165, 1.54) is 0 Å². The predicted molar refractivity (Wildman–Crippen MR) is 78.0 cm³/mol. The SMILES string of the molecule is COCC1(C(=O)Nc2cccc(OC)c2)CCNCC1. The van der Waals surface area contributed by atoms with Gasteiger partial charge in [-0.05, 0) is 38.1 Å². The first-order valence-corrected chi connectivity index (χ1v) is 6.85. The molecule has 2 N–H and O–H groups in total. The van der Waals surface area contributed by atoms with Crippen LogP contribution >= 0.6 is 0 Å². The number of carbonyl (C=O) groups excluding carboxylic acids is 1.